The zero-order chi connectivity index (χ0) is 11.4. The van der Waals surface area contributed by atoms with Gasteiger partial charge in [-0.15, -0.1) is 0 Å². The highest BCUT2D eigenvalue weighted by atomic mass is 32.2. The molecular weight excluding hydrogens is 226 g/mol. The molecule has 86 valence electrons. The van der Waals surface area contributed by atoms with Crippen molar-refractivity contribution in [3.63, 3.8) is 0 Å². The second kappa shape index (κ2) is 2.91. The molecule has 1 aliphatic carbocycles. The monoisotopic (exact) mass is 239 g/mol. The van der Waals surface area contributed by atoms with E-state index in [0.29, 0.717) is 11.4 Å². The van der Waals surface area contributed by atoms with Crippen LogP contribution in [0.3, 0.4) is 0 Å². The van der Waals surface area contributed by atoms with Gasteiger partial charge in [0, 0.05) is 0 Å². The second-order valence-corrected chi connectivity index (χ2v) is 6.42. The average molecular weight is 239 g/mol. The Balaban J connectivity index is 2.01. The smallest absolute Gasteiger partial charge is 0.268 e. The molecule has 16 heavy (non-hydrogen) atoms. The lowest BCUT2D eigenvalue weighted by atomic mass is 9.98. The lowest BCUT2D eigenvalue weighted by Crippen LogP contribution is -2.25. The van der Waals surface area contributed by atoms with Gasteiger partial charge >= 0.3 is 0 Å². The quantitative estimate of drug-likeness (QED) is 0.813. The molecule has 1 N–H and O–H groups in total. The van der Waals surface area contributed by atoms with Crippen LogP contribution < -0.4 is 9.46 Å². The van der Waals surface area contributed by atoms with Crippen molar-refractivity contribution in [1.82, 2.24) is 0 Å². The van der Waals surface area contributed by atoms with Crippen LogP contribution in [0.5, 0.6) is 5.75 Å². The first kappa shape index (κ1) is 9.96. The maximum atomic E-state index is 11.3. The van der Waals surface area contributed by atoms with E-state index < -0.39 is 10.0 Å². The van der Waals surface area contributed by atoms with E-state index in [4.69, 9.17) is 4.74 Å². The third-order valence-corrected chi connectivity index (χ3v) is 4.27. The molecule has 0 aromatic heterocycles. The van der Waals surface area contributed by atoms with E-state index in [1.54, 1.807) is 6.07 Å². The Bertz CT molecular complexity index is 546. The molecule has 1 fully saturated rings. The number of anilines is 1. The molecular formula is C11H13NO3S. The summed E-state index contributed by atoms with van der Waals surface area (Å²) in [7, 11) is -3.30. The van der Waals surface area contributed by atoms with Gasteiger partial charge in [0.25, 0.3) is 10.0 Å². The van der Waals surface area contributed by atoms with Crippen LogP contribution in [0.4, 0.5) is 5.69 Å². The van der Waals surface area contributed by atoms with Crippen molar-refractivity contribution in [2.24, 2.45) is 0 Å². The van der Waals surface area contributed by atoms with Crippen molar-refractivity contribution < 1.29 is 13.2 Å². The molecule has 0 amide bonds. The molecule has 1 aromatic carbocycles. The van der Waals surface area contributed by atoms with Gasteiger partial charge in [-0.2, -0.15) is 0 Å². The number of ether oxygens (including phenoxy) is 1. The van der Waals surface area contributed by atoms with Gasteiger partial charge in [0.15, 0.2) is 0 Å². The number of fused-ring (bicyclic) bond motifs is 1. The van der Waals surface area contributed by atoms with E-state index in [2.05, 4.69) is 11.6 Å². The van der Waals surface area contributed by atoms with Gasteiger partial charge in [-0.3, -0.25) is 4.72 Å². The minimum atomic E-state index is -3.30. The summed E-state index contributed by atoms with van der Waals surface area (Å²) in [6.45, 7) is 2.21. The van der Waals surface area contributed by atoms with Crippen molar-refractivity contribution in [1.29, 1.82) is 0 Å². The Kier molecular flexibility index (Phi) is 1.81. The fourth-order valence-electron chi connectivity index (χ4n) is 1.92. The molecule has 2 aliphatic rings. The highest BCUT2D eigenvalue weighted by molar-refractivity contribution is 7.92. The summed E-state index contributed by atoms with van der Waals surface area (Å²) in [6, 6.07) is 5.71. The maximum absolute atomic E-state index is 11.3. The molecule has 0 unspecified atom stereocenters. The van der Waals surface area contributed by atoms with Crippen LogP contribution in [0, 0.1) is 0 Å². The number of hydrogen-bond donors (Lipinski definition) is 1. The first-order chi connectivity index (χ1) is 7.49. The van der Waals surface area contributed by atoms with Crippen molar-refractivity contribution in [2.45, 2.75) is 25.2 Å². The summed E-state index contributed by atoms with van der Waals surface area (Å²) in [5, 5.41) is 0. The largest absolute Gasteiger partial charge is 0.474 e. The molecule has 1 aliphatic heterocycles. The molecule has 0 bridgehead atoms. The second-order valence-electron chi connectivity index (χ2n) is 4.75. The van der Waals surface area contributed by atoms with Crippen LogP contribution in [0.25, 0.3) is 0 Å². The van der Waals surface area contributed by atoms with Crippen LogP contribution in [0.2, 0.25) is 0 Å². The number of hydrogen-bond acceptors (Lipinski definition) is 3. The molecule has 4 nitrogen and oxygen atoms in total. The first-order valence-electron chi connectivity index (χ1n) is 5.26. The number of sulfonamides is 1. The zero-order valence-corrected chi connectivity index (χ0v) is 9.80. The Morgan fingerprint density at radius 1 is 1.38 bits per heavy atom. The molecule has 1 saturated carbocycles. The fraction of sp³-hybridized carbons (Fsp3) is 0.455. The number of rotatable bonds is 1. The minimum absolute atomic E-state index is 0.273. The van der Waals surface area contributed by atoms with Gasteiger partial charge in [-0.1, -0.05) is 13.0 Å². The average Bonchev–Trinajstić information content (AvgIpc) is 2.96. The SMILES string of the molecule is CC1(c2ccc3c(c2)OCS(=O)(=O)N3)CC1. The molecule has 5 heteroatoms. The third kappa shape index (κ3) is 1.55. The standard InChI is InChI=1S/C11H13NO3S/c1-11(4-5-11)8-2-3-9-10(6-8)15-7-16(13,14)12-9/h2-3,6,12H,4-5,7H2,1H3. The van der Waals surface area contributed by atoms with Crippen molar-refractivity contribution >= 4 is 15.7 Å². The van der Waals surface area contributed by atoms with Crippen molar-refractivity contribution in [3.05, 3.63) is 23.8 Å². The summed E-state index contributed by atoms with van der Waals surface area (Å²) < 4.78 is 30.3. The summed E-state index contributed by atoms with van der Waals surface area (Å²) in [5.41, 5.74) is 2.04. The Labute approximate surface area is 94.7 Å². The van der Waals surface area contributed by atoms with Crippen LogP contribution in [0.15, 0.2) is 18.2 Å². The van der Waals surface area contributed by atoms with E-state index in [1.807, 2.05) is 12.1 Å². The van der Waals surface area contributed by atoms with Gasteiger partial charge in [0.05, 0.1) is 5.69 Å². The Morgan fingerprint density at radius 3 is 2.81 bits per heavy atom. The molecule has 0 atom stereocenters. The zero-order valence-electron chi connectivity index (χ0n) is 8.99. The van der Waals surface area contributed by atoms with Gasteiger partial charge in [0.1, 0.15) is 5.75 Å². The lowest BCUT2D eigenvalue weighted by Gasteiger charge is -2.21. The van der Waals surface area contributed by atoms with Gasteiger partial charge < -0.3 is 4.74 Å². The van der Waals surface area contributed by atoms with Crippen LogP contribution >= 0.6 is 0 Å². The minimum Gasteiger partial charge on any atom is -0.474 e. The molecule has 0 radical (unpaired) electrons. The van der Waals surface area contributed by atoms with Crippen molar-refractivity contribution in [3.8, 4) is 5.75 Å². The molecule has 1 heterocycles. The predicted molar refractivity (Wildman–Crippen MR) is 61.1 cm³/mol. The van der Waals surface area contributed by atoms with E-state index in [-0.39, 0.29) is 11.4 Å². The third-order valence-electron chi connectivity index (χ3n) is 3.31. The topological polar surface area (TPSA) is 55.4 Å². The first-order valence-corrected chi connectivity index (χ1v) is 6.92. The van der Waals surface area contributed by atoms with E-state index in [0.717, 1.165) is 0 Å². The van der Waals surface area contributed by atoms with E-state index in [1.165, 1.54) is 18.4 Å². The summed E-state index contributed by atoms with van der Waals surface area (Å²) in [4.78, 5) is 0. The maximum Gasteiger partial charge on any atom is 0.268 e. The predicted octanol–water partition coefficient (Wildman–Crippen LogP) is 1.83. The summed E-state index contributed by atoms with van der Waals surface area (Å²) in [5.74, 6) is 0.348. The lowest BCUT2D eigenvalue weighted by molar-refractivity contribution is 0.373. The summed E-state index contributed by atoms with van der Waals surface area (Å²) in [6.07, 6.45) is 2.38. The van der Waals surface area contributed by atoms with Gasteiger partial charge in [-0.25, -0.2) is 8.42 Å². The molecule has 3 rings (SSSR count). The number of benzene rings is 1. The van der Waals surface area contributed by atoms with Crippen LogP contribution in [-0.4, -0.2) is 14.4 Å². The molecule has 0 spiro atoms. The highest BCUT2D eigenvalue weighted by Gasteiger charge is 2.39. The number of nitrogens with one attached hydrogen (secondary N) is 1. The highest BCUT2D eigenvalue weighted by Crippen LogP contribution is 2.49. The van der Waals surface area contributed by atoms with Gasteiger partial charge in [-0.05, 0) is 36.0 Å². The Hall–Kier alpha value is -1.23. The normalized spacial score (nSPS) is 23.8. The Morgan fingerprint density at radius 2 is 2.12 bits per heavy atom. The molecule has 0 saturated heterocycles. The van der Waals surface area contributed by atoms with E-state index in [9.17, 15) is 8.42 Å². The van der Waals surface area contributed by atoms with E-state index >= 15 is 0 Å². The summed E-state index contributed by atoms with van der Waals surface area (Å²) >= 11 is 0. The fourth-order valence-corrected chi connectivity index (χ4v) is 2.76. The molecule has 1 aromatic rings. The van der Waals surface area contributed by atoms with Crippen molar-refractivity contribution in [2.75, 3.05) is 10.7 Å². The van der Waals surface area contributed by atoms with Gasteiger partial charge in [0.2, 0.25) is 5.94 Å². The van der Waals surface area contributed by atoms with Crippen LogP contribution in [-0.2, 0) is 15.4 Å². The van der Waals surface area contributed by atoms with Crippen LogP contribution in [0.1, 0.15) is 25.3 Å².